The van der Waals surface area contributed by atoms with Crippen LogP contribution in [0.15, 0.2) is 24.4 Å². The van der Waals surface area contributed by atoms with Crippen LogP contribution in [0.4, 0.5) is 11.4 Å². The van der Waals surface area contributed by atoms with Crippen molar-refractivity contribution < 1.29 is 4.79 Å². The molecule has 1 amide bonds. The summed E-state index contributed by atoms with van der Waals surface area (Å²) in [7, 11) is 1.76. The number of carbonyl (C=O) groups is 1. The van der Waals surface area contributed by atoms with Gasteiger partial charge in [-0.2, -0.15) is 10.2 Å². The lowest BCUT2D eigenvalue weighted by Gasteiger charge is -2.27. The van der Waals surface area contributed by atoms with E-state index in [2.05, 4.69) is 20.8 Å². The van der Waals surface area contributed by atoms with Crippen molar-refractivity contribution in [1.82, 2.24) is 24.5 Å². The molecule has 0 saturated carbocycles. The molecule has 3 aromatic rings. The number of carbonyl (C=O) groups excluding carboxylic acids is 1. The molecule has 1 saturated heterocycles. The maximum absolute atomic E-state index is 13.1. The van der Waals surface area contributed by atoms with Gasteiger partial charge in [-0.25, -0.2) is 0 Å². The molecule has 2 aromatic heterocycles. The lowest BCUT2D eigenvalue weighted by molar-refractivity contribution is 0.0714. The van der Waals surface area contributed by atoms with Gasteiger partial charge in [0.25, 0.3) is 5.91 Å². The quantitative estimate of drug-likeness (QED) is 0.460. The van der Waals surface area contributed by atoms with Gasteiger partial charge >= 0.3 is 0 Å². The van der Waals surface area contributed by atoms with Crippen molar-refractivity contribution in [3.8, 4) is 0 Å². The third kappa shape index (κ3) is 5.21. The van der Waals surface area contributed by atoms with Crippen molar-refractivity contribution >= 4 is 57.8 Å². The molecule has 0 bridgehead atoms. The van der Waals surface area contributed by atoms with Crippen LogP contribution in [0.25, 0.3) is 0 Å². The van der Waals surface area contributed by atoms with Crippen LogP contribution < -0.4 is 10.6 Å². The molecule has 0 atom stereocenters. The lowest BCUT2D eigenvalue weighted by Crippen LogP contribution is -2.37. The van der Waals surface area contributed by atoms with Gasteiger partial charge in [-0.05, 0) is 63.0 Å². The minimum Gasteiger partial charge on any atom is -0.337 e. The van der Waals surface area contributed by atoms with E-state index >= 15 is 0 Å². The van der Waals surface area contributed by atoms with Crippen LogP contribution in [0.5, 0.6) is 0 Å². The first kappa shape index (κ1) is 24.5. The first-order chi connectivity index (χ1) is 16.2. The Morgan fingerprint density at radius 1 is 1.12 bits per heavy atom. The second-order valence-corrected chi connectivity index (χ2v) is 9.64. The topological polar surface area (TPSA) is 80.0 Å². The molecular weight excluding hydrogens is 493 g/mol. The second-order valence-electron chi connectivity index (χ2n) is 8.41. The van der Waals surface area contributed by atoms with E-state index in [0.29, 0.717) is 33.1 Å². The summed E-state index contributed by atoms with van der Waals surface area (Å²) < 4.78 is 3.48. The number of hydrogen-bond acceptors (Lipinski definition) is 4. The maximum Gasteiger partial charge on any atom is 0.274 e. The van der Waals surface area contributed by atoms with Gasteiger partial charge in [0.05, 0.1) is 45.5 Å². The Bertz CT molecular complexity index is 1230. The summed E-state index contributed by atoms with van der Waals surface area (Å²) in [5.41, 5.74) is 4.60. The molecular formula is C23H27Cl2N7OS. The largest absolute Gasteiger partial charge is 0.337 e. The zero-order chi connectivity index (χ0) is 24.4. The number of aryl methyl sites for hydroxylation is 2. The average Bonchev–Trinajstić information content (AvgIpc) is 3.30. The molecule has 34 heavy (non-hydrogen) atoms. The molecule has 0 unspecified atom stereocenters. The lowest BCUT2D eigenvalue weighted by atomic mass is 10.1. The van der Waals surface area contributed by atoms with Crippen LogP contribution >= 0.6 is 35.4 Å². The average molecular weight is 520 g/mol. The molecule has 1 aliphatic rings. The number of aromatic nitrogens is 4. The number of benzene rings is 1. The van der Waals surface area contributed by atoms with Gasteiger partial charge in [0, 0.05) is 20.1 Å². The van der Waals surface area contributed by atoms with Crippen molar-refractivity contribution in [2.24, 2.45) is 7.05 Å². The van der Waals surface area contributed by atoms with Gasteiger partial charge in [0.1, 0.15) is 5.69 Å². The zero-order valence-corrected chi connectivity index (χ0v) is 21.7. The summed E-state index contributed by atoms with van der Waals surface area (Å²) >= 11 is 17.8. The first-order valence-corrected chi connectivity index (χ1v) is 12.3. The van der Waals surface area contributed by atoms with E-state index in [9.17, 15) is 4.79 Å². The van der Waals surface area contributed by atoms with Crippen LogP contribution in [-0.2, 0) is 13.6 Å². The highest BCUT2D eigenvalue weighted by Gasteiger charge is 2.25. The van der Waals surface area contributed by atoms with Crippen molar-refractivity contribution in [2.75, 3.05) is 23.7 Å². The number of amides is 1. The molecule has 11 heteroatoms. The Balaban J connectivity index is 1.48. The Kier molecular flexibility index (Phi) is 7.45. The van der Waals surface area contributed by atoms with Crippen molar-refractivity contribution in [1.29, 1.82) is 0 Å². The van der Waals surface area contributed by atoms with Crippen LogP contribution in [0.2, 0.25) is 10.0 Å². The number of halogens is 2. The van der Waals surface area contributed by atoms with Crippen molar-refractivity contribution in [3.63, 3.8) is 0 Å². The van der Waals surface area contributed by atoms with E-state index in [1.807, 2.05) is 35.6 Å². The van der Waals surface area contributed by atoms with E-state index in [1.54, 1.807) is 24.0 Å². The molecule has 0 spiro atoms. The van der Waals surface area contributed by atoms with Crippen molar-refractivity contribution in [3.05, 3.63) is 57.1 Å². The fourth-order valence-corrected chi connectivity index (χ4v) is 4.67. The van der Waals surface area contributed by atoms with Gasteiger partial charge in [0.2, 0.25) is 0 Å². The number of nitrogens with zero attached hydrogens (tertiary/aromatic N) is 5. The van der Waals surface area contributed by atoms with Crippen LogP contribution in [0.1, 0.15) is 46.7 Å². The molecule has 2 N–H and O–H groups in total. The molecule has 1 aromatic carbocycles. The summed E-state index contributed by atoms with van der Waals surface area (Å²) in [4.78, 5) is 15.0. The molecule has 3 heterocycles. The number of rotatable bonds is 5. The monoisotopic (exact) mass is 519 g/mol. The molecule has 1 fully saturated rings. The Morgan fingerprint density at radius 3 is 2.56 bits per heavy atom. The number of piperidine rings is 1. The fourth-order valence-electron chi connectivity index (χ4n) is 4.14. The molecule has 1 aliphatic heterocycles. The Hall–Kier alpha value is -2.62. The molecule has 0 radical (unpaired) electrons. The van der Waals surface area contributed by atoms with E-state index in [1.165, 1.54) is 0 Å². The number of likely N-dealkylation sites (tertiary alicyclic amines) is 1. The maximum atomic E-state index is 13.1. The predicted octanol–water partition coefficient (Wildman–Crippen LogP) is 5.02. The Morgan fingerprint density at radius 2 is 1.85 bits per heavy atom. The third-order valence-corrected chi connectivity index (χ3v) is 6.91. The predicted molar refractivity (Wildman–Crippen MR) is 140 cm³/mol. The zero-order valence-electron chi connectivity index (χ0n) is 19.4. The van der Waals surface area contributed by atoms with Crippen LogP contribution in [-0.4, -0.2) is 48.6 Å². The van der Waals surface area contributed by atoms with Gasteiger partial charge < -0.3 is 15.5 Å². The standard InChI is InChI=1S/C23H27Cl2N7OS/c1-14-20(15(2)32(29-14)13-16-7-8-17(24)18(25)11-16)28-23(34)27-19-12-26-30(3)21(19)22(33)31-9-5-4-6-10-31/h7-8,11-12H,4-6,9-10,13H2,1-3H3,(H2,27,28,34). The highest BCUT2D eigenvalue weighted by atomic mass is 35.5. The highest BCUT2D eigenvalue weighted by Crippen LogP contribution is 2.26. The summed E-state index contributed by atoms with van der Waals surface area (Å²) in [5.74, 6) is -0.0354. The van der Waals surface area contributed by atoms with E-state index in [4.69, 9.17) is 35.4 Å². The number of hydrogen-bond donors (Lipinski definition) is 2. The number of nitrogens with one attached hydrogen (secondary N) is 2. The van der Waals surface area contributed by atoms with Crippen LogP contribution in [0.3, 0.4) is 0 Å². The molecule has 180 valence electrons. The van der Waals surface area contributed by atoms with E-state index < -0.39 is 0 Å². The Labute approximate surface area is 214 Å². The minimum atomic E-state index is -0.0354. The normalized spacial score (nSPS) is 13.7. The van der Waals surface area contributed by atoms with Gasteiger partial charge in [-0.1, -0.05) is 29.3 Å². The van der Waals surface area contributed by atoms with Gasteiger partial charge in [-0.3, -0.25) is 14.2 Å². The van der Waals surface area contributed by atoms with E-state index in [0.717, 1.165) is 55.0 Å². The summed E-state index contributed by atoms with van der Waals surface area (Å²) in [6, 6.07) is 5.54. The number of thiocarbonyl (C=S) groups is 1. The minimum absolute atomic E-state index is 0.0354. The SMILES string of the molecule is Cc1nn(Cc2ccc(Cl)c(Cl)c2)c(C)c1NC(=S)Nc1cnn(C)c1C(=O)N1CCCCC1. The molecule has 8 nitrogen and oxygen atoms in total. The van der Waals surface area contributed by atoms with Gasteiger partial charge in [0.15, 0.2) is 5.11 Å². The molecule has 4 rings (SSSR count). The summed E-state index contributed by atoms with van der Waals surface area (Å²) in [6.45, 7) is 5.96. The van der Waals surface area contributed by atoms with Crippen molar-refractivity contribution in [2.45, 2.75) is 39.7 Å². The smallest absolute Gasteiger partial charge is 0.274 e. The van der Waals surface area contributed by atoms with Crippen LogP contribution in [0, 0.1) is 13.8 Å². The van der Waals surface area contributed by atoms with Gasteiger partial charge in [-0.15, -0.1) is 0 Å². The summed E-state index contributed by atoms with van der Waals surface area (Å²) in [6.07, 6.45) is 4.83. The third-order valence-electron chi connectivity index (χ3n) is 5.97. The summed E-state index contributed by atoms with van der Waals surface area (Å²) in [5, 5.41) is 16.7. The first-order valence-electron chi connectivity index (χ1n) is 11.1. The fraction of sp³-hybridized carbons (Fsp3) is 0.391. The second kappa shape index (κ2) is 10.3. The number of anilines is 2. The van der Waals surface area contributed by atoms with E-state index in [-0.39, 0.29) is 5.91 Å². The highest BCUT2D eigenvalue weighted by molar-refractivity contribution is 7.80. The molecule has 0 aliphatic carbocycles.